The van der Waals surface area contributed by atoms with E-state index in [9.17, 15) is 14.7 Å². The van der Waals surface area contributed by atoms with E-state index in [1.54, 1.807) is 0 Å². The normalized spacial score (nSPS) is 16.2. The fourth-order valence-electron chi connectivity index (χ4n) is 3.35. The molecule has 2 N–H and O–H groups in total. The number of piperidine rings is 1. The van der Waals surface area contributed by atoms with Crippen molar-refractivity contribution in [3.05, 3.63) is 47.0 Å². The number of aliphatic hydroxyl groups excluding tert-OH is 1. The minimum Gasteiger partial charge on any atom is -0.388 e. The average molecular weight is 402 g/mol. The highest BCUT2D eigenvalue weighted by atomic mass is 32.1. The molecule has 0 spiro atoms. The number of rotatable bonds is 6. The molecule has 150 valence electrons. The number of hydrogen-bond acceptors (Lipinski definition) is 5. The zero-order chi connectivity index (χ0) is 20.1. The molecule has 2 aromatic rings. The monoisotopic (exact) mass is 401 g/mol. The Kier molecular flexibility index (Phi) is 6.80. The molecule has 1 aliphatic rings. The molecule has 2 heterocycles. The predicted molar refractivity (Wildman–Crippen MR) is 110 cm³/mol. The first-order valence-corrected chi connectivity index (χ1v) is 10.6. The van der Waals surface area contributed by atoms with Crippen molar-refractivity contribution in [1.29, 1.82) is 0 Å². The number of nitrogens with zero attached hydrogens (tertiary/aromatic N) is 2. The Labute approximate surface area is 169 Å². The molecule has 28 heavy (non-hydrogen) atoms. The minimum atomic E-state index is -0.482. The summed E-state index contributed by atoms with van der Waals surface area (Å²) in [7, 11) is 0. The van der Waals surface area contributed by atoms with E-state index in [0.717, 1.165) is 18.4 Å². The predicted octanol–water partition coefficient (Wildman–Crippen LogP) is 3.25. The first-order chi connectivity index (χ1) is 13.4. The molecule has 3 rings (SSSR count). The fraction of sp³-hybridized carbons (Fsp3) is 0.476. The van der Waals surface area contributed by atoms with Gasteiger partial charge in [-0.15, -0.1) is 11.3 Å². The molecule has 0 saturated carbocycles. The first-order valence-electron chi connectivity index (χ1n) is 9.70. The van der Waals surface area contributed by atoms with E-state index in [1.165, 1.54) is 11.3 Å². The van der Waals surface area contributed by atoms with E-state index < -0.39 is 6.10 Å². The Hall–Kier alpha value is -2.25. The lowest BCUT2D eigenvalue weighted by atomic mass is 9.87. The summed E-state index contributed by atoms with van der Waals surface area (Å²) in [6.07, 6.45) is 1.33. The molecule has 0 bridgehead atoms. The van der Waals surface area contributed by atoms with Gasteiger partial charge in [0.15, 0.2) is 5.13 Å². The quantitative estimate of drug-likeness (QED) is 0.778. The van der Waals surface area contributed by atoms with Crippen LogP contribution in [0.1, 0.15) is 44.1 Å². The highest BCUT2D eigenvalue weighted by Crippen LogP contribution is 2.30. The number of aromatic nitrogens is 1. The van der Waals surface area contributed by atoms with E-state index in [2.05, 4.69) is 10.3 Å². The Morgan fingerprint density at radius 3 is 2.57 bits per heavy atom. The van der Waals surface area contributed by atoms with Crippen LogP contribution in [0, 0.1) is 11.8 Å². The number of amides is 2. The minimum absolute atomic E-state index is 0.0414. The van der Waals surface area contributed by atoms with Crippen LogP contribution in [0.25, 0.3) is 0 Å². The summed E-state index contributed by atoms with van der Waals surface area (Å²) in [5.74, 6) is 0.0241. The highest BCUT2D eigenvalue weighted by Gasteiger charge is 2.28. The van der Waals surface area contributed by atoms with Gasteiger partial charge >= 0.3 is 0 Å². The fourth-order valence-corrected chi connectivity index (χ4v) is 4.06. The Bertz CT molecular complexity index is 798. The second-order valence-electron chi connectivity index (χ2n) is 7.54. The van der Waals surface area contributed by atoms with Gasteiger partial charge in [-0.2, -0.15) is 0 Å². The summed E-state index contributed by atoms with van der Waals surface area (Å²) >= 11 is 1.34. The van der Waals surface area contributed by atoms with Crippen molar-refractivity contribution in [2.75, 3.05) is 18.4 Å². The molecular weight excluding hydrogens is 374 g/mol. The maximum atomic E-state index is 12.6. The number of anilines is 1. The van der Waals surface area contributed by atoms with Crippen LogP contribution in [0.15, 0.2) is 35.7 Å². The number of benzene rings is 1. The lowest BCUT2D eigenvalue weighted by molar-refractivity contribution is -0.132. The summed E-state index contributed by atoms with van der Waals surface area (Å²) in [5, 5.41) is 15.7. The van der Waals surface area contributed by atoms with Crippen LogP contribution in [0.4, 0.5) is 5.13 Å². The molecule has 1 saturated heterocycles. The number of carbonyl (C=O) groups is 2. The highest BCUT2D eigenvalue weighted by molar-refractivity contribution is 7.13. The number of thiazole rings is 1. The summed E-state index contributed by atoms with van der Waals surface area (Å²) in [6, 6.07) is 9.70. The average Bonchev–Trinajstić information content (AvgIpc) is 3.14. The van der Waals surface area contributed by atoms with E-state index in [4.69, 9.17) is 0 Å². The SMILES string of the molecule is CC(C)C(=O)Nc1nc(CC(=O)N2CCC(C(O)c3ccccc3)CC2)cs1. The van der Waals surface area contributed by atoms with E-state index in [0.29, 0.717) is 23.9 Å². The number of aliphatic hydroxyl groups is 1. The number of hydrogen-bond donors (Lipinski definition) is 2. The zero-order valence-electron chi connectivity index (χ0n) is 16.3. The number of carbonyl (C=O) groups excluding carboxylic acids is 2. The first kappa shape index (κ1) is 20.5. The molecule has 0 aliphatic carbocycles. The molecule has 1 aliphatic heterocycles. The lowest BCUT2D eigenvalue weighted by Crippen LogP contribution is -2.40. The standard InChI is InChI=1S/C21H27N3O3S/c1-14(2)20(27)23-21-22-17(13-28-21)12-18(25)24-10-8-16(9-11-24)19(26)15-6-4-3-5-7-15/h3-7,13-14,16,19,26H,8-12H2,1-2H3,(H,22,23,27). The van der Waals surface area contributed by atoms with Crippen molar-refractivity contribution < 1.29 is 14.7 Å². The molecule has 1 unspecified atom stereocenters. The molecule has 1 fully saturated rings. The molecular formula is C21H27N3O3S. The second-order valence-corrected chi connectivity index (χ2v) is 8.40. The smallest absolute Gasteiger partial charge is 0.228 e. The lowest BCUT2D eigenvalue weighted by Gasteiger charge is -2.34. The van der Waals surface area contributed by atoms with Crippen molar-refractivity contribution in [2.45, 2.75) is 39.2 Å². The van der Waals surface area contributed by atoms with Gasteiger partial charge in [-0.1, -0.05) is 44.2 Å². The van der Waals surface area contributed by atoms with E-state index in [1.807, 2.05) is 54.5 Å². The van der Waals surface area contributed by atoms with Crippen LogP contribution in [-0.4, -0.2) is 39.9 Å². The summed E-state index contributed by atoms with van der Waals surface area (Å²) < 4.78 is 0. The topological polar surface area (TPSA) is 82.5 Å². The maximum absolute atomic E-state index is 12.6. The largest absolute Gasteiger partial charge is 0.388 e. The zero-order valence-corrected chi connectivity index (χ0v) is 17.1. The van der Waals surface area contributed by atoms with Gasteiger partial charge in [0, 0.05) is 24.4 Å². The van der Waals surface area contributed by atoms with Gasteiger partial charge in [-0.3, -0.25) is 9.59 Å². The Morgan fingerprint density at radius 2 is 1.93 bits per heavy atom. The molecule has 7 heteroatoms. The van der Waals surface area contributed by atoms with Gasteiger partial charge in [0.25, 0.3) is 0 Å². The van der Waals surface area contributed by atoms with Crippen LogP contribution in [0.5, 0.6) is 0 Å². The third-order valence-electron chi connectivity index (χ3n) is 5.12. The van der Waals surface area contributed by atoms with Crippen LogP contribution >= 0.6 is 11.3 Å². The second kappa shape index (κ2) is 9.30. The summed E-state index contributed by atoms with van der Waals surface area (Å²) in [5.41, 5.74) is 1.62. The Morgan fingerprint density at radius 1 is 1.25 bits per heavy atom. The van der Waals surface area contributed by atoms with E-state index in [-0.39, 0.29) is 30.1 Å². The van der Waals surface area contributed by atoms with Crippen LogP contribution in [0.3, 0.4) is 0 Å². The number of likely N-dealkylation sites (tertiary alicyclic amines) is 1. The van der Waals surface area contributed by atoms with Gasteiger partial charge < -0.3 is 15.3 Å². The van der Waals surface area contributed by atoms with E-state index >= 15 is 0 Å². The molecule has 1 atom stereocenters. The van der Waals surface area contributed by atoms with Gasteiger partial charge in [0.1, 0.15) is 0 Å². The van der Waals surface area contributed by atoms with Gasteiger partial charge in [0.05, 0.1) is 18.2 Å². The third kappa shape index (κ3) is 5.17. The summed E-state index contributed by atoms with van der Waals surface area (Å²) in [4.78, 5) is 30.5. The van der Waals surface area contributed by atoms with Crippen molar-refractivity contribution in [3.63, 3.8) is 0 Å². The van der Waals surface area contributed by atoms with Crippen LogP contribution < -0.4 is 5.32 Å². The van der Waals surface area contributed by atoms with Gasteiger partial charge in [-0.05, 0) is 24.3 Å². The van der Waals surface area contributed by atoms with Crippen molar-refractivity contribution in [3.8, 4) is 0 Å². The van der Waals surface area contributed by atoms with Crippen LogP contribution in [0.2, 0.25) is 0 Å². The molecule has 2 amide bonds. The molecule has 0 radical (unpaired) electrons. The Balaban J connectivity index is 1.49. The molecule has 1 aromatic carbocycles. The van der Waals surface area contributed by atoms with Gasteiger partial charge in [0.2, 0.25) is 11.8 Å². The van der Waals surface area contributed by atoms with Crippen molar-refractivity contribution in [1.82, 2.24) is 9.88 Å². The molecule has 1 aromatic heterocycles. The van der Waals surface area contributed by atoms with Crippen LogP contribution in [-0.2, 0) is 16.0 Å². The van der Waals surface area contributed by atoms with Crippen molar-refractivity contribution in [2.24, 2.45) is 11.8 Å². The molecule has 6 nitrogen and oxygen atoms in total. The summed E-state index contributed by atoms with van der Waals surface area (Å²) in [6.45, 7) is 4.94. The van der Waals surface area contributed by atoms with Gasteiger partial charge in [-0.25, -0.2) is 4.98 Å². The van der Waals surface area contributed by atoms with Crippen molar-refractivity contribution >= 4 is 28.3 Å². The maximum Gasteiger partial charge on any atom is 0.228 e. The number of nitrogens with one attached hydrogen (secondary N) is 1. The third-order valence-corrected chi connectivity index (χ3v) is 5.93.